The summed E-state index contributed by atoms with van der Waals surface area (Å²) in [5.41, 5.74) is 2.35. The molecule has 0 aromatic heterocycles. The quantitative estimate of drug-likeness (QED) is 0.285. The minimum absolute atomic E-state index is 0.134. The summed E-state index contributed by atoms with van der Waals surface area (Å²) >= 11 is 0. The van der Waals surface area contributed by atoms with Gasteiger partial charge in [0, 0.05) is 11.6 Å². The zero-order valence-corrected chi connectivity index (χ0v) is 19.9. The third-order valence-electron chi connectivity index (χ3n) is 5.65. The molecule has 0 spiro atoms. The fourth-order valence-corrected chi connectivity index (χ4v) is 4.09. The van der Waals surface area contributed by atoms with Crippen LogP contribution >= 0.6 is 0 Å². The molecule has 0 bridgehead atoms. The van der Waals surface area contributed by atoms with E-state index in [2.05, 4.69) is 5.32 Å². The fourth-order valence-electron chi connectivity index (χ4n) is 4.09. The number of carbonyl (C=O) groups excluding carboxylic acids is 1. The average molecular weight is 468 g/mol. The SMILES string of the molecule is CCOc1ccc(/C=C/C(=O)NC(c2ccccc2)c2c(O)ccc3ccccc23)cc1OCC. The lowest BCUT2D eigenvalue weighted by molar-refractivity contribution is -0.116. The summed E-state index contributed by atoms with van der Waals surface area (Å²) in [5, 5.41) is 15.8. The molecule has 0 saturated heterocycles. The van der Waals surface area contributed by atoms with Crippen LogP contribution in [-0.2, 0) is 4.79 Å². The van der Waals surface area contributed by atoms with Crippen LogP contribution in [0.2, 0.25) is 0 Å². The van der Waals surface area contributed by atoms with Gasteiger partial charge in [-0.1, -0.05) is 66.7 Å². The van der Waals surface area contributed by atoms with Gasteiger partial charge in [-0.3, -0.25) is 4.79 Å². The standard InChI is InChI=1S/C30H29NO4/c1-3-34-26-18-14-21(20-27(26)35-4-2)15-19-28(33)31-30(23-11-6-5-7-12-23)29-24-13-9-8-10-22(24)16-17-25(29)32/h5-20,30,32H,3-4H2,1-2H3,(H,31,33)/b19-15+. The Labute approximate surface area is 205 Å². The lowest BCUT2D eigenvalue weighted by Crippen LogP contribution is -2.28. The summed E-state index contributed by atoms with van der Waals surface area (Å²) in [7, 11) is 0. The molecule has 0 heterocycles. The number of nitrogens with one attached hydrogen (secondary N) is 1. The van der Waals surface area contributed by atoms with Crippen molar-refractivity contribution in [3.8, 4) is 17.2 Å². The van der Waals surface area contributed by atoms with E-state index in [4.69, 9.17) is 9.47 Å². The molecule has 178 valence electrons. The van der Waals surface area contributed by atoms with E-state index >= 15 is 0 Å². The van der Waals surface area contributed by atoms with Crippen molar-refractivity contribution < 1.29 is 19.4 Å². The molecule has 1 unspecified atom stereocenters. The normalized spacial score (nSPS) is 11.9. The molecule has 0 saturated carbocycles. The van der Waals surface area contributed by atoms with Crippen LogP contribution in [0.15, 0.2) is 91.0 Å². The molecule has 0 aliphatic rings. The molecule has 2 N–H and O–H groups in total. The second kappa shape index (κ2) is 11.3. The first-order valence-corrected chi connectivity index (χ1v) is 11.7. The minimum atomic E-state index is -0.529. The second-order valence-corrected chi connectivity index (χ2v) is 7.98. The Kier molecular flexibility index (Phi) is 7.68. The van der Waals surface area contributed by atoms with E-state index in [1.54, 1.807) is 12.1 Å². The van der Waals surface area contributed by atoms with Gasteiger partial charge in [-0.05, 0) is 60.0 Å². The number of phenols is 1. The first-order valence-electron chi connectivity index (χ1n) is 11.7. The van der Waals surface area contributed by atoms with Crippen LogP contribution in [0.1, 0.15) is 36.6 Å². The van der Waals surface area contributed by atoms with Crippen LogP contribution in [0.4, 0.5) is 0 Å². The largest absolute Gasteiger partial charge is 0.508 e. The Hall–Kier alpha value is -4.25. The zero-order chi connectivity index (χ0) is 24.6. The van der Waals surface area contributed by atoms with Crippen molar-refractivity contribution in [2.45, 2.75) is 19.9 Å². The van der Waals surface area contributed by atoms with Crippen molar-refractivity contribution in [3.63, 3.8) is 0 Å². The van der Waals surface area contributed by atoms with E-state index in [9.17, 15) is 9.90 Å². The van der Waals surface area contributed by atoms with Gasteiger partial charge in [0.2, 0.25) is 5.91 Å². The highest BCUT2D eigenvalue weighted by molar-refractivity contribution is 5.94. The maximum Gasteiger partial charge on any atom is 0.244 e. The van der Waals surface area contributed by atoms with Crippen molar-refractivity contribution in [2.24, 2.45) is 0 Å². The maximum atomic E-state index is 13.1. The Morgan fingerprint density at radius 3 is 2.37 bits per heavy atom. The number of phenolic OH excluding ortho intramolecular Hbond substituents is 1. The van der Waals surface area contributed by atoms with Crippen molar-refractivity contribution in [1.82, 2.24) is 5.32 Å². The number of hydrogen-bond acceptors (Lipinski definition) is 4. The van der Waals surface area contributed by atoms with Crippen LogP contribution in [0.5, 0.6) is 17.2 Å². The summed E-state index contributed by atoms with van der Waals surface area (Å²) in [6, 6.07) is 26.1. The first kappa shape index (κ1) is 23.9. The molecular formula is C30H29NO4. The Morgan fingerprint density at radius 1 is 0.886 bits per heavy atom. The number of fused-ring (bicyclic) bond motifs is 1. The molecule has 1 amide bonds. The molecule has 4 aromatic carbocycles. The first-order chi connectivity index (χ1) is 17.1. The molecule has 0 aliphatic carbocycles. The predicted octanol–water partition coefficient (Wildman–Crippen LogP) is 6.26. The van der Waals surface area contributed by atoms with Gasteiger partial charge in [-0.2, -0.15) is 0 Å². The van der Waals surface area contributed by atoms with E-state index in [0.29, 0.717) is 30.3 Å². The van der Waals surface area contributed by atoms with Gasteiger partial charge in [0.05, 0.1) is 19.3 Å². The van der Waals surface area contributed by atoms with Crippen molar-refractivity contribution in [3.05, 3.63) is 108 Å². The van der Waals surface area contributed by atoms with E-state index in [1.807, 2.05) is 92.7 Å². The van der Waals surface area contributed by atoms with Crippen molar-refractivity contribution in [1.29, 1.82) is 0 Å². The molecule has 5 heteroatoms. The van der Waals surface area contributed by atoms with Crippen LogP contribution in [-0.4, -0.2) is 24.2 Å². The van der Waals surface area contributed by atoms with E-state index < -0.39 is 6.04 Å². The monoisotopic (exact) mass is 467 g/mol. The van der Waals surface area contributed by atoms with Crippen LogP contribution in [0.25, 0.3) is 16.8 Å². The highest BCUT2D eigenvalue weighted by Crippen LogP contribution is 2.36. The van der Waals surface area contributed by atoms with Gasteiger partial charge < -0.3 is 19.9 Å². The number of rotatable bonds is 9. The molecule has 4 rings (SSSR count). The number of amides is 1. The summed E-state index contributed by atoms with van der Waals surface area (Å²) in [4.78, 5) is 13.1. The van der Waals surface area contributed by atoms with Crippen LogP contribution in [0.3, 0.4) is 0 Å². The average Bonchev–Trinajstić information content (AvgIpc) is 2.88. The van der Waals surface area contributed by atoms with Gasteiger partial charge in [0.25, 0.3) is 0 Å². The van der Waals surface area contributed by atoms with E-state index in [-0.39, 0.29) is 11.7 Å². The zero-order valence-electron chi connectivity index (χ0n) is 19.9. The van der Waals surface area contributed by atoms with Gasteiger partial charge in [0.15, 0.2) is 11.5 Å². The number of ether oxygens (including phenoxy) is 2. The number of carbonyl (C=O) groups is 1. The van der Waals surface area contributed by atoms with E-state index in [0.717, 1.165) is 21.9 Å². The Morgan fingerprint density at radius 2 is 1.60 bits per heavy atom. The Balaban J connectivity index is 1.65. The summed E-state index contributed by atoms with van der Waals surface area (Å²) in [5.74, 6) is 1.17. The van der Waals surface area contributed by atoms with Gasteiger partial charge in [-0.25, -0.2) is 0 Å². The van der Waals surface area contributed by atoms with Gasteiger partial charge in [-0.15, -0.1) is 0 Å². The third-order valence-corrected chi connectivity index (χ3v) is 5.65. The topological polar surface area (TPSA) is 67.8 Å². The number of hydrogen-bond donors (Lipinski definition) is 2. The molecule has 35 heavy (non-hydrogen) atoms. The number of benzene rings is 4. The predicted molar refractivity (Wildman–Crippen MR) is 140 cm³/mol. The molecule has 0 radical (unpaired) electrons. The van der Waals surface area contributed by atoms with E-state index in [1.165, 1.54) is 6.08 Å². The van der Waals surface area contributed by atoms with Gasteiger partial charge in [0.1, 0.15) is 5.75 Å². The van der Waals surface area contributed by atoms with Crippen molar-refractivity contribution in [2.75, 3.05) is 13.2 Å². The number of aromatic hydroxyl groups is 1. The lowest BCUT2D eigenvalue weighted by atomic mass is 9.92. The molecule has 1 atom stereocenters. The Bertz CT molecular complexity index is 1330. The summed E-state index contributed by atoms with van der Waals surface area (Å²) < 4.78 is 11.3. The minimum Gasteiger partial charge on any atom is -0.508 e. The maximum absolute atomic E-state index is 13.1. The van der Waals surface area contributed by atoms with Gasteiger partial charge >= 0.3 is 0 Å². The second-order valence-electron chi connectivity index (χ2n) is 7.98. The van der Waals surface area contributed by atoms with Crippen LogP contribution in [0, 0.1) is 0 Å². The molecular weight excluding hydrogens is 438 g/mol. The van der Waals surface area contributed by atoms with Crippen LogP contribution < -0.4 is 14.8 Å². The third kappa shape index (κ3) is 5.64. The smallest absolute Gasteiger partial charge is 0.244 e. The molecule has 0 fully saturated rings. The summed E-state index contributed by atoms with van der Waals surface area (Å²) in [6.45, 7) is 4.89. The molecule has 4 aromatic rings. The highest BCUT2D eigenvalue weighted by atomic mass is 16.5. The summed E-state index contributed by atoms with van der Waals surface area (Å²) in [6.07, 6.45) is 3.22. The molecule has 5 nitrogen and oxygen atoms in total. The lowest BCUT2D eigenvalue weighted by Gasteiger charge is -2.22. The highest BCUT2D eigenvalue weighted by Gasteiger charge is 2.21. The fraction of sp³-hybridized carbons (Fsp3) is 0.167. The van der Waals surface area contributed by atoms with Crippen molar-refractivity contribution >= 4 is 22.8 Å². The molecule has 0 aliphatic heterocycles.